The van der Waals surface area contributed by atoms with Crippen LogP contribution in [0.2, 0.25) is 0 Å². The molecule has 0 radical (unpaired) electrons. The molecule has 4 aliphatic rings. The molecule has 2 N–H and O–H groups in total. The molecule has 1 unspecified atom stereocenters. The summed E-state index contributed by atoms with van der Waals surface area (Å²) in [5.74, 6) is 0.386. The Balaban J connectivity index is 1.29. The van der Waals surface area contributed by atoms with Gasteiger partial charge in [0.1, 0.15) is 30.0 Å². The van der Waals surface area contributed by atoms with Crippen LogP contribution < -0.4 is 15.4 Å². The fraction of sp³-hybridized carbons (Fsp3) is 0.450. The average molecular weight is 663 g/mol. The molecule has 2 aliphatic carbocycles. The molecule has 9 heteroatoms. The second kappa shape index (κ2) is 13.7. The summed E-state index contributed by atoms with van der Waals surface area (Å²) in [5.41, 5.74) is 3.13. The molecule has 2 aliphatic heterocycles. The van der Waals surface area contributed by atoms with E-state index in [2.05, 4.69) is 35.4 Å². The van der Waals surface area contributed by atoms with Crippen LogP contribution in [0.1, 0.15) is 70.8 Å². The van der Waals surface area contributed by atoms with Crippen molar-refractivity contribution < 1.29 is 23.9 Å². The molecule has 7 rings (SSSR count). The summed E-state index contributed by atoms with van der Waals surface area (Å²) >= 11 is 0. The molecule has 256 valence electrons. The first kappa shape index (κ1) is 32.9. The lowest BCUT2D eigenvalue weighted by Gasteiger charge is -2.29. The number of carbonyl (C=O) groups is 3. The second-order valence-corrected chi connectivity index (χ2v) is 14.3. The van der Waals surface area contributed by atoms with Crippen LogP contribution in [0.5, 0.6) is 5.75 Å². The van der Waals surface area contributed by atoms with Crippen molar-refractivity contribution in [2.24, 2.45) is 11.8 Å². The maximum Gasteiger partial charge on any atom is 0.408 e. The number of unbranched alkanes of at least 4 members (excludes halogenated alkanes) is 1. The van der Waals surface area contributed by atoms with Gasteiger partial charge < -0.3 is 25.0 Å². The number of fused-ring (bicyclic) bond motifs is 4. The Kier molecular flexibility index (Phi) is 9.18. The van der Waals surface area contributed by atoms with Crippen LogP contribution in [-0.4, -0.2) is 64.2 Å². The summed E-state index contributed by atoms with van der Waals surface area (Å²) in [4.78, 5) is 48.3. The number of aromatic nitrogens is 1. The lowest BCUT2D eigenvalue weighted by Crippen LogP contribution is -2.55. The Morgan fingerprint density at radius 3 is 2.76 bits per heavy atom. The van der Waals surface area contributed by atoms with Gasteiger partial charge >= 0.3 is 6.09 Å². The van der Waals surface area contributed by atoms with E-state index in [4.69, 9.17) is 14.5 Å². The van der Waals surface area contributed by atoms with Crippen molar-refractivity contribution in [3.05, 3.63) is 78.9 Å². The molecule has 1 saturated heterocycles. The van der Waals surface area contributed by atoms with Crippen LogP contribution in [0, 0.1) is 11.8 Å². The molecule has 0 spiro atoms. The van der Waals surface area contributed by atoms with Crippen LogP contribution >= 0.6 is 0 Å². The van der Waals surface area contributed by atoms with Gasteiger partial charge in [-0.3, -0.25) is 9.59 Å². The molecule has 3 aromatic rings. The highest BCUT2D eigenvalue weighted by Crippen LogP contribution is 2.44. The quantitative estimate of drug-likeness (QED) is 0.269. The maximum atomic E-state index is 14.4. The Labute approximate surface area is 288 Å². The zero-order chi connectivity index (χ0) is 34.1. The normalized spacial score (nSPS) is 30.1. The lowest BCUT2D eigenvalue weighted by molar-refractivity contribution is -0.140. The van der Waals surface area contributed by atoms with E-state index < -0.39 is 29.8 Å². The minimum absolute atomic E-state index is 0.0623. The van der Waals surface area contributed by atoms with Gasteiger partial charge in [0.25, 0.3) is 0 Å². The van der Waals surface area contributed by atoms with E-state index in [0.29, 0.717) is 18.6 Å². The van der Waals surface area contributed by atoms with Gasteiger partial charge in [-0.25, -0.2) is 9.78 Å². The van der Waals surface area contributed by atoms with E-state index in [1.54, 1.807) is 4.90 Å². The number of nitrogens with one attached hydrogen (secondary N) is 2. The standard InChI is InChI=1S/C40H46N4O5/c1-4-6-14-32-38(46)44-24-29(21-34(44)37(45)43-40(3)23-28(40)5-2)48-36-22-33(26-11-8-7-9-12-26)41-31-19-17-25(20-30(31)36)16-18-27-13-10-15-35(27)49-39(47)42-32/h5,7-9,11-12,16-20,22,27-29,32,34-35H,2,4,6,10,13-15,21,23-24H2,1,3H3,(H,42,47)(H,43,45)/b18-16+/t27?,28-,29-,32+,34+,35+,40-/m1/s1. The summed E-state index contributed by atoms with van der Waals surface area (Å²) < 4.78 is 12.8. The number of rotatable bonds is 7. The molecule has 49 heavy (non-hydrogen) atoms. The minimum Gasteiger partial charge on any atom is -0.488 e. The lowest BCUT2D eigenvalue weighted by atomic mass is 10.0. The molecule has 3 fully saturated rings. The van der Waals surface area contributed by atoms with Crippen LogP contribution in [-0.2, 0) is 14.3 Å². The third-order valence-corrected chi connectivity index (χ3v) is 10.7. The molecule has 2 saturated carbocycles. The van der Waals surface area contributed by atoms with Crippen molar-refractivity contribution in [2.45, 2.75) is 95.0 Å². The largest absolute Gasteiger partial charge is 0.488 e. The van der Waals surface area contributed by atoms with Gasteiger partial charge in [0.2, 0.25) is 11.8 Å². The zero-order valence-corrected chi connectivity index (χ0v) is 28.4. The number of hydrogen-bond donors (Lipinski definition) is 2. The van der Waals surface area contributed by atoms with E-state index in [1.165, 1.54) is 0 Å². The summed E-state index contributed by atoms with van der Waals surface area (Å²) in [6.45, 7) is 8.17. The molecule has 7 atom stereocenters. The summed E-state index contributed by atoms with van der Waals surface area (Å²) in [7, 11) is 0. The van der Waals surface area contributed by atoms with Gasteiger partial charge in [0, 0.05) is 40.8 Å². The number of hydrogen-bond acceptors (Lipinski definition) is 6. The second-order valence-electron chi connectivity index (χ2n) is 14.3. The van der Waals surface area contributed by atoms with Crippen molar-refractivity contribution in [2.75, 3.05) is 6.54 Å². The van der Waals surface area contributed by atoms with Gasteiger partial charge in [0.15, 0.2) is 0 Å². The third kappa shape index (κ3) is 6.94. The molecule has 9 nitrogen and oxygen atoms in total. The van der Waals surface area contributed by atoms with Crippen LogP contribution in [0.4, 0.5) is 4.79 Å². The monoisotopic (exact) mass is 662 g/mol. The number of benzene rings is 2. The number of alkyl carbamates (subject to hydrolysis) is 1. The van der Waals surface area contributed by atoms with E-state index >= 15 is 0 Å². The number of nitrogens with zero attached hydrogens (tertiary/aromatic N) is 2. The topological polar surface area (TPSA) is 110 Å². The highest BCUT2D eigenvalue weighted by Gasteiger charge is 2.52. The highest BCUT2D eigenvalue weighted by molar-refractivity contribution is 5.93. The first-order valence-electron chi connectivity index (χ1n) is 17.8. The summed E-state index contributed by atoms with van der Waals surface area (Å²) in [6, 6.07) is 16.5. The van der Waals surface area contributed by atoms with E-state index in [9.17, 15) is 14.4 Å². The minimum atomic E-state index is -0.822. The van der Waals surface area contributed by atoms with E-state index in [1.807, 2.05) is 68.5 Å². The summed E-state index contributed by atoms with van der Waals surface area (Å²) in [6.07, 6.45) is 10.5. The van der Waals surface area contributed by atoms with Gasteiger partial charge in [0.05, 0.1) is 17.8 Å². The molecule has 1 aromatic heterocycles. The first-order valence-corrected chi connectivity index (χ1v) is 17.8. The molecule has 3 amide bonds. The molecule has 4 bridgehead atoms. The van der Waals surface area contributed by atoms with Crippen molar-refractivity contribution in [1.82, 2.24) is 20.5 Å². The van der Waals surface area contributed by atoms with Gasteiger partial charge in [-0.1, -0.05) is 74.4 Å². The number of amides is 3. The van der Waals surface area contributed by atoms with Gasteiger partial charge in [-0.05, 0) is 56.7 Å². The molecule has 3 heterocycles. The van der Waals surface area contributed by atoms with Crippen molar-refractivity contribution in [1.29, 1.82) is 0 Å². The highest BCUT2D eigenvalue weighted by atomic mass is 16.6. The predicted molar refractivity (Wildman–Crippen MR) is 190 cm³/mol. The Bertz CT molecular complexity index is 1770. The summed E-state index contributed by atoms with van der Waals surface area (Å²) in [5, 5.41) is 6.96. The Hall–Kier alpha value is -4.66. The van der Waals surface area contributed by atoms with Crippen LogP contribution in [0.3, 0.4) is 0 Å². The Morgan fingerprint density at radius 2 is 1.98 bits per heavy atom. The molecular weight excluding hydrogens is 616 g/mol. The third-order valence-electron chi connectivity index (χ3n) is 10.7. The zero-order valence-electron chi connectivity index (χ0n) is 28.4. The van der Waals surface area contributed by atoms with Crippen LogP contribution in [0.15, 0.2) is 73.3 Å². The SMILES string of the molecule is C=C[C@@H]1C[C@@]1(C)NC(=O)[C@@H]1C[C@@H]2CN1C(=O)[C@H](CCCC)NC(=O)O[C@H]1CCCC1/C=C/c1ccc3nc(-c4ccccc4)cc(c3c1)O2. The number of carbonyl (C=O) groups excluding carboxylic acids is 3. The number of ether oxygens (including phenoxy) is 2. The van der Waals surface area contributed by atoms with E-state index in [0.717, 1.165) is 66.2 Å². The van der Waals surface area contributed by atoms with Gasteiger partial charge in [-0.2, -0.15) is 0 Å². The smallest absolute Gasteiger partial charge is 0.408 e. The Morgan fingerprint density at radius 1 is 1.14 bits per heavy atom. The molecule has 2 aromatic carbocycles. The first-order chi connectivity index (χ1) is 23.7. The molecular formula is C40H46N4O5. The fourth-order valence-electron chi connectivity index (χ4n) is 7.71. The number of pyridine rings is 1. The van der Waals surface area contributed by atoms with Crippen LogP contribution in [0.25, 0.3) is 28.2 Å². The predicted octanol–water partition coefficient (Wildman–Crippen LogP) is 6.81. The van der Waals surface area contributed by atoms with Crippen molar-refractivity contribution in [3.63, 3.8) is 0 Å². The fourth-order valence-corrected chi connectivity index (χ4v) is 7.71. The van der Waals surface area contributed by atoms with Crippen molar-refractivity contribution >= 4 is 34.9 Å². The van der Waals surface area contributed by atoms with E-state index in [-0.39, 0.29) is 36.3 Å². The average Bonchev–Trinajstić information content (AvgIpc) is 3.37. The van der Waals surface area contributed by atoms with Gasteiger partial charge in [-0.15, -0.1) is 6.58 Å². The maximum absolute atomic E-state index is 14.4. The van der Waals surface area contributed by atoms with Crippen molar-refractivity contribution in [3.8, 4) is 17.0 Å².